The van der Waals surface area contributed by atoms with Crippen LogP contribution in [-0.4, -0.2) is 41.0 Å². The molecule has 0 spiro atoms. The van der Waals surface area contributed by atoms with E-state index in [2.05, 4.69) is 17.6 Å². The number of rotatable bonds is 13. The van der Waals surface area contributed by atoms with Gasteiger partial charge in [0.05, 0.1) is 0 Å². The van der Waals surface area contributed by atoms with Crippen LogP contribution in [0.4, 0.5) is 10.5 Å². The predicted octanol–water partition coefficient (Wildman–Crippen LogP) is 7.64. The monoisotopic (exact) mass is 565 g/mol. The highest BCUT2D eigenvalue weighted by Crippen LogP contribution is 2.29. The molecule has 2 N–H and O–H groups in total. The van der Waals surface area contributed by atoms with E-state index in [9.17, 15) is 14.4 Å². The number of hydrogen-bond acceptors (Lipinski definition) is 4. The van der Waals surface area contributed by atoms with Crippen LogP contribution in [0.3, 0.4) is 0 Å². The summed E-state index contributed by atoms with van der Waals surface area (Å²) in [6.45, 7) is 17.7. The molecule has 0 saturated heterocycles. The average molecular weight is 566 g/mol. The third-order valence-electron chi connectivity index (χ3n) is 7.37. The fourth-order valence-electron chi connectivity index (χ4n) is 4.80. The van der Waals surface area contributed by atoms with Gasteiger partial charge in [-0.3, -0.25) is 9.59 Å². The summed E-state index contributed by atoms with van der Waals surface area (Å²) in [5.74, 6) is -0.743. The number of para-hydroxylation sites is 1. The van der Waals surface area contributed by atoms with E-state index in [0.717, 1.165) is 53.6 Å². The van der Waals surface area contributed by atoms with Gasteiger partial charge in [-0.05, 0) is 70.6 Å². The first-order chi connectivity index (χ1) is 19.3. The van der Waals surface area contributed by atoms with Gasteiger partial charge in [0, 0.05) is 12.2 Å². The Morgan fingerprint density at radius 2 is 1.51 bits per heavy atom. The molecule has 0 saturated carbocycles. The number of carbonyl (C=O) groups excluding carboxylic acids is 3. The van der Waals surface area contributed by atoms with Crippen molar-refractivity contribution in [2.75, 3.05) is 11.9 Å². The maximum Gasteiger partial charge on any atom is 0.408 e. The van der Waals surface area contributed by atoms with Gasteiger partial charge in [-0.1, -0.05) is 94.5 Å². The number of amides is 3. The fraction of sp³-hybridized carbons (Fsp3) is 0.559. The number of aryl methyl sites for hydroxylation is 3. The standard InChI is InChI=1S/C34H51N3O4/c1-10-12-13-14-22-37(32(39)29(24(4)11-2)36-33(40)41-34(7,8)9)30(27-20-18-23(3)19-21-27)31(38)35-28-25(5)16-15-17-26(28)6/h15-21,24,29-30H,10-14,22H2,1-9H3,(H,35,38)(H,36,40). The largest absolute Gasteiger partial charge is 0.444 e. The minimum Gasteiger partial charge on any atom is -0.444 e. The Bertz CT molecular complexity index is 1130. The molecule has 2 rings (SSSR count). The molecule has 3 unspecified atom stereocenters. The highest BCUT2D eigenvalue weighted by atomic mass is 16.6. The molecule has 0 aromatic heterocycles. The van der Waals surface area contributed by atoms with Gasteiger partial charge in [-0.2, -0.15) is 0 Å². The summed E-state index contributed by atoms with van der Waals surface area (Å²) in [6.07, 6.45) is 3.80. The molecule has 2 aromatic rings. The molecule has 3 atom stereocenters. The second-order valence-electron chi connectivity index (χ2n) is 12.2. The van der Waals surface area contributed by atoms with E-state index < -0.39 is 23.8 Å². The molecule has 41 heavy (non-hydrogen) atoms. The zero-order valence-corrected chi connectivity index (χ0v) is 26.6. The molecule has 3 amide bonds. The lowest BCUT2D eigenvalue weighted by atomic mass is 9.95. The van der Waals surface area contributed by atoms with E-state index in [1.165, 1.54) is 0 Å². The van der Waals surface area contributed by atoms with Crippen LogP contribution in [0, 0.1) is 26.7 Å². The van der Waals surface area contributed by atoms with Crippen molar-refractivity contribution in [3.8, 4) is 0 Å². The van der Waals surface area contributed by atoms with E-state index in [0.29, 0.717) is 13.0 Å². The van der Waals surface area contributed by atoms with Crippen LogP contribution in [0.2, 0.25) is 0 Å². The molecule has 226 valence electrons. The number of nitrogens with zero attached hydrogens (tertiary/aromatic N) is 1. The molecule has 2 aromatic carbocycles. The molecule has 7 heteroatoms. The number of benzene rings is 2. The number of ether oxygens (including phenoxy) is 1. The van der Waals surface area contributed by atoms with Gasteiger partial charge in [0.1, 0.15) is 17.7 Å². The molecular formula is C34H51N3O4. The Kier molecular flexibility index (Phi) is 12.9. The van der Waals surface area contributed by atoms with E-state index >= 15 is 0 Å². The first kappa shape index (κ1) is 33.9. The lowest BCUT2D eigenvalue weighted by Gasteiger charge is -2.36. The Morgan fingerprint density at radius 1 is 0.902 bits per heavy atom. The van der Waals surface area contributed by atoms with Crippen LogP contribution in [0.1, 0.15) is 102 Å². The van der Waals surface area contributed by atoms with Crippen molar-refractivity contribution in [3.05, 3.63) is 64.7 Å². The van der Waals surface area contributed by atoms with Crippen molar-refractivity contribution < 1.29 is 19.1 Å². The zero-order chi connectivity index (χ0) is 30.7. The SMILES string of the molecule is CCCCCCN(C(=O)C(NC(=O)OC(C)(C)C)C(C)CC)C(C(=O)Nc1c(C)cccc1C)c1ccc(C)cc1. The average Bonchev–Trinajstić information content (AvgIpc) is 2.90. The van der Waals surface area contributed by atoms with Crippen molar-refractivity contribution in [2.24, 2.45) is 5.92 Å². The normalized spacial score (nSPS) is 13.6. The second kappa shape index (κ2) is 15.6. The van der Waals surface area contributed by atoms with Crippen LogP contribution in [-0.2, 0) is 14.3 Å². The summed E-state index contributed by atoms with van der Waals surface area (Å²) in [7, 11) is 0. The number of nitrogens with one attached hydrogen (secondary N) is 2. The molecule has 7 nitrogen and oxygen atoms in total. The van der Waals surface area contributed by atoms with Crippen LogP contribution in [0.25, 0.3) is 0 Å². The van der Waals surface area contributed by atoms with Crippen molar-refractivity contribution >= 4 is 23.6 Å². The summed E-state index contributed by atoms with van der Waals surface area (Å²) < 4.78 is 5.52. The van der Waals surface area contributed by atoms with Crippen LogP contribution >= 0.6 is 0 Å². The van der Waals surface area contributed by atoms with Gasteiger partial charge in [0.25, 0.3) is 5.91 Å². The smallest absolute Gasteiger partial charge is 0.408 e. The van der Waals surface area contributed by atoms with Crippen LogP contribution in [0.5, 0.6) is 0 Å². The number of unbranched alkanes of at least 4 members (excludes halogenated alkanes) is 3. The summed E-state index contributed by atoms with van der Waals surface area (Å²) in [4.78, 5) is 43.2. The number of hydrogen-bond donors (Lipinski definition) is 2. The molecule has 0 bridgehead atoms. The number of carbonyl (C=O) groups is 3. The molecule has 0 aliphatic heterocycles. The molecule has 0 aliphatic rings. The first-order valence-electron chi connectivity index (χ1n) is 15.0. The summed E-state index contributed by atoms with van der Waals surface area (Å²) >= 11 is 0. The fourth-order valence-corrected chi connectivity index (χ4v) is 4.80. The van der Waals surface area contributed by atoms with Crippen molar-refractivity contribution in [1.29, 1.82) is 0 Å². The van der Waals surface area contributed by atoms with Gasteiger partial charge in [0.2, 0.25) is 5.91 Å². The van der Waals surface area contributed by atoms with E-state index in [1.54, 1.807) is 25.7 Å². The van der Waals surface area contributed by atoms with Crippen molar-refractivity contribution in [3.63, 3.8) is 0 Å². The van der Waals surface area contributed by atoms with Gasteiger partial charge in [-0.25, -0.2) is 4.79 Å². The lowest BCUT2D eigenvalue weighted by molar-refractivity contribution is -0.142. The quantitative estimate of drug-likeness (QED) is 0.244. The molecule has 0 aliphatic carbocycles. The highest BCUT2D eigenvalue weighted by molar-refractivity contribution is 6.00. The summed E-state index contributed by atoms with van der Waals surface area (Å²) in [5, 5.41) is 5.98. The Labute approximate surface area is 247 Å². The van der Waals surface area contributed by atoms with E-state index in [4.69, 9.17) is 4.74 Å². The van der Waals surface area contributed by atoms with Crippen LogP contribution in [0.15, 0.2) is 42.5 Å². The molecule has 0 heterocycles. The zero-order valence-electron chi connectivity index (χ0n) is 26.6. The second-order valence-corrected chi connectivity index (χ2v) is 12.2. The van der Waals surface area contributed by atoms with Gasteiger partial charge in [0.15, 0.2) is 0 Å². The number of alkyl carbamates (subject to hydrolysis) is 1. The van der Waals surface area contributed by atoms with Crippen LogP contribution < -0.4 is 10.6 Å². The third-order valence-corrected chi connectivity index (χ3v) is 7.37. The maximum atomic E-state index is 14.5. The highest BCUT2D eigenvalue weighted by Gasteiger charge is 2.38. The molecular weight excluding hydrogens is 514 g/mol. The van der Waals surface area contributed by atoms with Gasteiger partial charge >= 0.3 is 6.09 Å². The number of anilines is 1. The topological polar surface area (TPSA) is 87.7 Å². The van der Waals surface area contributed by atoms with E-state index in [-0.39, 0.29) is 17.7 Å². The minimum absolute atomic E-state index is 0.173. The maximum absolute atomic E-state index is 14.5. The first-order valence-corrected chi connectivity index (χ1v) is 15.0. The van der Waals surface area contributed by atoms with Crippen molar-refractivity contribution in [2.45, 2.75) is 112 Å². The summed E-state index contributed by atoms with van der Waals surface area (Å²) in [6, 6.07) is 11.9. The van der Waals surface area contributed by atoms with E-state index in [1.807, 2.05) is 77.1 Å². The Morgan fingerprint density at radius 3 is 2.05 bits per heavy atom. The van der Waals surface area contributed by atoms with Gasteiger partial charge in [-0.15, -0.1) is 0 Å². The minimum atomic E-state index is -0.879. The van der Waals surface area contributed by atoms with Gasteiger partial charge < -0.3 is 20.3 Å². The van der Waals surface area contributed by atoms with Crippen molar-refractivity contribution in [1.82, 2.24) is 10.2 Å². The molecule has 0 radical (unpaired) electrons. The third kappa shape index (κ3) is 10.2. The Balaban J connectivity index is 2.59. The molecule has 0 fully saturated rings. The Hall–Kier alpha value is -3.35. The summed E-state index contributed by atoms with van der Waals surface area (Å²) in [5.41, 5.74) is 3.73. The predicted molar refractivity (Wildman–Crippen MR) is 167 cm³/mol. The lowest BCUT2D eigenvalue weighted by Crippen LogP contribution is -2.55.